The number of carbonyl (C=O) groups is 2. The standard InChI is InChI=1S/C34H36ClN3O6S/c1-4-36-34(40)30(21-25-11-7-5-8-12-25)37(23-26-15-17-27(35)18-16-26)33(39)24-38(28-13-9-6-10-14-28)45(41,42)29-19-20-31(43-2)32(22-29)44-3/h5-20,22,30H,4,21,23-24H2,1-3H3,(H,36,40)/t30-/m1/s1. The van der Waals surface area contributed by atoms with Crippen LogP contribution in [0.1, 0.15) is 18.1 Å². The minimum Gasteiger partial charge on any atom is -0.493 e. The van der Waals surface area contributed by atoms with Gasteiger partial charge in [0.05, 0.1) is 24.8 Å². The number of hydrogen-bond acceptors (Lipinski definition) is 6. The van der Waals surface area contributed by atoms with E-state index in [9.17, 15) is 18.0 Å². The number of amides is 2. The topological polar surface area (TPSA) is 105 Å². The number of hydrogen-bond donors (Lipinski definition) is 1. The molecule has 0 saturated heterocycles. The molecular formula is C34H36ClN3O6S. The molecule has 0 unspecified atom stereocenters. The van der Waals surface area contributed by atoms with Crippen LogP contribution in [-0.2, 0) is 32.6 Å². The molecule has 0 aliphatic heterocycles. The Hall–Kier alpha value is -4.54. The summed E-state index contributed by atoms with van der Waals surface area (Å²) in [5.41, 5.74) is 1.86. The summed E-state index contributed by atoms with van der Waals surface area (Å²) in [6.45, 7) is 1.63. The Labute approximate surface area is 269 Å². The van der Waals surface area contributed by atoms with Crippen LogP contribution in [0.25, 0.3) is 0 Å². The van der Waals surface area contributed by atoms with Crippen LogP contribution in [-0.4, -0.2) is 58.5 Å². The van der Waals surface area contributed by atoms with Crippen LogP contribution in [0.3, 0.4) is 0 Å². The number of para-hydroxylation sites is 1. The average molecular weight is 650 g/mol. The lowest BCUT2D eigenvalue weighted by atomic mass is 10.0. The van der Waals surface area contributed by atoms with Gasteiger partial charge in [0.1, 0.15) is 12.6 Å². The van der Waals surface area contributed by atoms with Crippen LogP contribution in [0.15, 0.2) is 108 Å². The molecule has 0 aliphatic rings. The fraction of sp³-hybridized carbons (Fsp3) is 0.235. The zero-order valence-corrected chi connectivity index (χ0v) is 26.9. The highest BCUT2D eigenvalue weighted by molar-refractivity contribution is 7.92. The number of benzene rings is 4. The van der Waals surface area contributed by atoms with Gasteiger partial charge in [-0.1, -0.05) is 72.3 Å². The van der Waals surface area contributed by atoms with Gasteiger partial charge in [0.15, 0.2) is 11.5 Å². The van der Waals surface area contributed by atoms with E-state index in [0.29, 0.717) is 17.3 Å². The minimum absolute atomic E-state index is 0.0453. The molecule has 4 aromatic rings. The Morgan fingerprint density at radius 3 is 2.04 bits per heavy atom. The highest BCUT2D eigenvalue weighted by Crippen LogP contribution is 2.32. The minimum atomic E-state index is -4.30. The number of nitrogens with one attached hydrogen (secondary N) is 1. The predicted molar refractivity (Wildman–Crippen MR) is 175 cm³/mol. The Kier molecular flexibility index (Phi) is 11.5. The molecule has 0 radical (unpaired) electrons. The monoisotopic (exact) mass is 649 g/mol. The van der Waals surface area contributed by atoms with Gasteiger partial charge < -0.3 is 19.7 Å². The van der Waals surface area contributed by atoms with E-state index in [0.717, 1.165) is 15.4 Å². The summed E-state index contributed by atoms with van der Waals surface area (Å²) < 4.78 is 40.1. The third-order valence-electron chi connectivity index (χ3n) is 7.15. The number of nitrogens with zero attached hydrogens (tertiary/aromatic N) is 2. The lowest BCUT2D eigenvalue weighted by Crippen LogP contribution is -2.53. The fourth-order valence-corrected chi connectivity index (χ4v) is 6.42. The number of sulfonamides is 1. The van der Waals surface area contributed by atoms with Gasteiger partial charge in [-0.3, -0.25) is 13.9 Å². The molecule has 0 spiro atoms. The maximum absolute atomic E-state index is 14.4. The van der Waals surface area contributed by atoms with Gasteiger partial charge in [-0.15, -0.1) is 0 Å². The van der Waals surface area contributed by atoms with Crippen LogP contribution in [0.2, 0.25) is 5.02 Å². The smallest absolute Gasteiger partial charge is 0.264 e. The molecule has 0 fully saturated rings. The molecule has 0 saturated carbocycles. The Bertz CT molecular complexity index is 1690. The molecule has 0 heterocycles. The van der Waals surface area contributed by atoms with Crippen molar-refractivity contribution in [2.45, 2.75) is 30.8 Å². The van der Waals surface area contributed by atoms with Crippen molar-refractivity contribution in [3.05, 3.63) is 119 Å². The van der Waals surface area contributed by atoms with Gasteiger partial charge in [0, 0.05) is 30.6 Å². The maximum atomic E-state index is 14.4. The van der Waals surface area contributed by atoms with Crippen LogP contribution in [0, 0.1) is 0 Å². The van der Waals surface area contributed by atoms with E-state index >= 15 is 0 Å². The zero-order chi connectivity index (χ0) is 32.4. The summed E-state index contributed by atoms with van der Waals surface area (Å²) in [6, 6.07) is 28.0. The maximum Gasteiger partial charge on any atom is 0.264 e. The summed E-state index contributed by atoms with van der Waals surface area (Å²) in [5, 5.41) is 3.37. The second-order valence-corrected chi connectivity index (χ2v) is 12.4. The summed E-state index contributed by atoms with van der Waals surface area (Å²) in [6.07, 6.45) is 0.222. The third kappa shape index (κ3) is 8.34. The quantitative estimate of drug-likeness (QED) is 0.198. The van der Waals surface area contributed by atoms with E-state index in [1.165, 1.54) is 37.3 Å². The molecule has 236 valence electrons. The first kappa shape index (κ1) is 33.4. The van der Waals surface area contributed by atoms with Gasteiger partial charge in [-0.2, -0.15) is 0 Å². The number of anilines is 1. The number of carbonyl (C=O) groups excluding carboxylic acids is 2. The predicted octanol–water partition coefficient (Wildman–Crippen LogP) is 5.33. The second-order valence-electron chi connectivity index (χ2n) is 10.1. The number of ether oxygens (including phenoxy) is 2. The molecule has 11 heteroatoms. The molecule has 0 aromatic heterocycles. The van der Waals surface area contributed by atoms with Crippen molar-refractivity contribution in [3.8, 4) is 11.5 Å². The van der Waals surface area contributed by atoms with E-state index in [1.54, 1.807) is 61.5 Å². The first-order chi connectivity index (χ1) is 21.7. The third-order valence-corrected chi connectivity index (χ3v) is 9.18. The van der Waals surface area contributed by atoms with E-state index in [1.807, 2.05) is 30.3 Å². The van der Waals surface area contributed by atoms with Crippen molar-refractivity contribution >= 4 is 39.1 Å². The SMILES string of the molecule is CCNC(=O)[C@@H](Cc1ccccc1)N(Cc1ccc(Cl)cc1)C(=O)CN(c1ccccc1)S(=O)(=O)c1ccc(OC)c(OC)c1. The lowest BCUT2D eigenvalue weighted by Gasteiger charge is -2.34. The summed E-state index contributed by atoms with van der Waals surface area (Å²) in [5.74, 6) is -0.331. The van der Waals surface area contributed by atoms with E-state index < -0.39 is 28.5 Å². The van der Waals surface area contributed by atoms with Gasteiger partial charge in [0.25, 0.3) is 10.0 Å². The molecule has 2 amide bonds. The van der Waals surface area contributed by atoms with Crippen molar-refractivity contribution in [1.29, 1.82) is 0 Å². The zero-order valence-electron chi connectivity index (χ0n) is 25.4. The van der Waals surface area contributed by atoms with E-state index in [2.05, 4.69) is 5.32 Å². The Balaban J connectivity index is 1.79. The number of halogens is 1. The highest BCUT2D eigenvalue weighted by Gasteiger charge is 2.34. The average Bonchev–Trinajstić information content (AvgIpc) is 3.06. The van der Waals surface area contributed by atoms with E-state index in [4.69, 9.17) is 21.1 Å². The first-order valence-electron chi connectivity index (χ1n) is 14.3. The number of rotatable bonds is 14. The van der Waals surface area contributed by atoms with Gasteiger partial charge in [0.2, 0.25) is 11.8 Å². The van der Waals surface area contributed by atoms with Crippen LogP contribution >= 0.6 is 11.6 Å². The van der Waals surface area contributed by atoms with Crippen molar-refractivity contribution in [3.63, 3.8) is 0 Å². The Morgan fingerprint density at radius 1 is 0.822 bits per heavy atom. The normalized spacial score (nSPS) is 11.7. The largest absolute Gasteiger partial charge is 0.493 e. The van der Waals surface area contributed by atoms with Gasteiger partial charge >= 0.3 is 0 Å². The van der Waals surface area contributed by atoms with Crippen LogP contribution < -0.4 is 19.1 Å². The molecule has 0 bridgehead atoms. The fourth-order valence-electron chi connectivity index (χ4n) is 4.86. The molecular weight excluding hydrogens is 614 g/mol. The van der Waals surface area contributed by atoms with Crippen LogP contribution in [0.4, 0.5) is 5.69 Å². The van der Waals surface area contributed by atoms with Crippen LogP contribution in [0.5, 0.6) is 11.5 Å². The number of likely N-dealkylation sites (N-methyl/N-ethyl adjacent to an activating group) is 1. The van der Waals surface area contributed by atoms with Crippen molar-refractivity contribution < 1.29 is 27.5 Å². The summed E-state index contributed by atoms with van der Waals surface area (Å²) in [7, 11) is -1.43. The first-order valence-corrected chi connectivity index (χ1v) is 16.1. The van der Waals surface area contributed by atoms with Crippen molar-refractivity contribution in [1.82, 2.24) is 10.2 Å². The molecule has 4 rings (SSSR count). The molecule has 45 heavy (non-hydrogen) atoms. The van der Waals surface area contributed by atoms with Gasteiger partial charge in [-0.25, -0.2) is 8.42 Å². The molecule has 1 N–H and O–H groups in total. The lowest BCUT2D eigenvalue weighted by molar-refractivity contribution is -0.140. The molecule has 9 nitrogen and oxygen atoms in total. The molecule has 4 aromatic carbocycles. The van der Waals surface area contributed by atoms with Gasteiger partial charge in [-0.05, 0) is 54.4 Å². The number of methoxy groups -OCH3 is 2. The second kappa shape index (κ2) is 15.5. The summed E-state index contributed by atoms with van der Waals surface area (Å²) in [4.78, 5) is 29.3. The molecule has 0 aliphatic carbocycles. The van der Waals surface area contributed by atoms with E-state index in [-0.39, 0.29) is 35.2 Å². The summed E-state index contributed by atoms with van der Waals surface area (Å²) >= 11 is 6.12. The van der Waals surface area contributed by atoms with Crippen molar-refractivity contribution in [2.75, 3.05) is 31.6 Å². The molecule has 1 atom stereocenters. The van der Waals surface area contributed by atoms with Crippen molar-refractivity contribution in [2.24, 2.45) is 0 Å². The Morgan fingerprint density at radius 2 is 1.44 bits per heavy atom. The highest BCUT2D eigenvalue weighted by atomic mass is 35.5.